The Morgan fingerprint density at radius 3 is 2.77 bits per heavy atom. The van der Waals surface area contributed by atoms with Crippen LogP contribution in [0.15, 0.2) is 40.1 Å². The van der Waals surface area contributed by atoms with Gasteiger partial charge in [0, 0.05) is 33.4 Å². The van der Waals surface area contributed by atoms with Gasteiger partial charge < -0.3 is 20.4 Å². The topological polar surface area (TPSA) is 96.5 Å². The molecule has 2 rings (SSSR count). The number of nitrogens with zero attached hydrogens (tertiary/aromatic N) is 3. The minimum Gasteiger partial charge on any atom is -0.459 e. The Morgan fingerprint density at radius 2 is 2.14 bits per heavy atom. The summed E-state index contributed by atoms with van der Waals surface area (Å²) in [5.74, 6) is 0.733. The number of aromatic nitrogens is 2. The van der Waals surface area contributed by atoms with Crippen LogP contribution in [0.5, 0.6) is 0 Å². The standard InChI is InChI=1S/C14H20N6O2/c1-15-14(18-10-11-5-6-19-20(11)2)17-8-7-16-13(21)12-4-3-9-22-12/h3-6,9H,7-8,10H2,1-2H3,(H,16,21)(H2,15,17,18). The molecular weight excluding hydrogens is 284 g/mol. The van der Waals surface area contributed by atoms with Gasteiger partial charge in [-0.05, 0) is 18.2 Å². The third kappa shape index (κ3) is 4.37. The van der Waals surface area contributed by atoms with E-state index in [-0.39, 0.29) is 5.91 Å². The number of rotatable bonds is 6. The number of guanidine groups is 1. The molecule has 118 valence electrons. The number of carbonyl (C=O) groups is 1. The van der Waals surface area contributed by atoms with Crippen molar-refractivity contribution < 1.29 is 9.21 Å². The molecule has 0 radical (unpaired) electrons. The van der Waals surface area contributed by atoms with Crippen LogP contribution in [0.2, 0.25) is 0 Å². The first-order chi connectivity index (χ1) is 10.7. The van der Waals surface area contributed by atoms with Gasteiger partial charge in [-0.25, -0.2) is 0 Å². The van der Waals surface area contributed by atoms with Crippen molar-refractivity contribution in [1.82, 2.24) is 25.7 Å². The Labute approximate surface area is 128 Å². The minimum absolute atomic E-state index is 0.232. The van der Waals surface area contributed by atoms with Crippen molar-refractivity contribution >= 4 is 11.9 Å². The van der Waals surface area contributed by atoms with Gasteiger partial charge in [-0.1, -0.05) is 0 Å². The Bertz CT molecular complexity index is 617. The summed E-state index contributed by atoms with van der Waals surface area (Å²) in [5, 5.41) is 13.1. The molecule has 2 heterocycles. The van der Waals surface area contributed by atoms with Crippen molar-refractivity contribution in [3.63, 3.8) is 0 Å². The third-order valence-corrected chi connectivity index (χ3v) is 3.03. The van der Waals surface area contributed by atoms with E-state index in [1.807, 2.05) is 13.1 Å². The van der Waals surface area contributed by atoms with Crippen LogP contribution in [0.1, 0.15) is 16.2 Å². The van der Waals surface area contributed by atoms with E-state index < -0.39 is 0 Å². The second kappa shape index (κ2) is 7.87. The van der Waals surface area contributed by atoms with Gasteiger partial charge in [-0.3, -0.25) is 14.5 Å². The molecule has 0 aromatic carbocycles. The van der Waals surface area contributed by atoms with Crippen LogP contribution in [0.25, 0.3) is 0 Å². The Morgan fingerprint density at radius 1 is 1.32 bits per heavy atom. The lowest BCUT2D eigenvalue weighted by Crippen LogP contribution is -2.41. The largest absolute Gasteiger partial charge is 0.459 e. The molecular formula is C14H20N6O2. The Kier molecular flexibility index (Phi) is 5.58. The first-order valence-electron chi connectivity index (χ1n) is 6.94. The predicted octanol–water partition coefficient (Wildman–Crippen LogP) is 0.108. The maximum atomic E-state index is 11.7. The number of aryl methyl sites for hydroxylation is 1. The summed E-state index contributed by atoms with van der Waals surface area (Å²) in [6.45, 7) is 1.64. The van der Waals surface area contributed by atoms with Crippen molar-refractivity contribution in [2.45, 2.75) is 6.54 Å². The lowest BCUT2D eigenvalue weighted by molar-refractivity contribution is 0.0926. The number of nitrogens with one attached hydrogen (secondary N) is 3. The average molecular weight is 304 g/mol. The van der Waals surface area contributed by atoms with Gasteiger partial charge in [-0.15, -0.1) is 0 Å². The molecule has 3 N–H and O–H groups in total. The molecule has 22 heavy (non-hydrogen) atoms. The van der Waals surface area contributed by atoms with Crippen molar-refractivity contribution in [2.75, 3.05) is 20.1 Å². The molecule has 0 saturated heterocycles. The summed E-state index contributed by atoms with van der Waals surface area (Å²) in [6, 6.07) is 5.23. The van der Waals surface area contributed by atoms with Crippen LogP contribution in [-0.4, -0.2) is 41.8 Å². The van der Waals surface area contributed by atoms with Crippen LogP contribution in [-0.2, 0) is 13.6 Å². The van der Waals surface area contributed by atoms with Crippen molar-refractivity contribution in [2.24, 2.45) is 12.0 Å². The van der Waals surface area contributed by atoms with E-state index in [1.54, 1.807) is 30.1 Å². The fourth-order valence-corrected chi connectivity index (χ4v) is 1.82. The highest BCUT2D eigenvalue weighted by Gasteiger charge is 2.07. The van der Waals surface area contributed by atoms with Gasteiger partial charge in [0.25, 0.3) is 5.91 Å². The first kappa shape index (κ1) is 15.6. The minimum atomic E-state index is -0.232. The highest BCUT2D eigenvalue weighted by atomic mass is 16.3. The number of hydrogen-bond donors (Lipinski definition) is 3. The molecule has 0 bridgehead atoms. The summed E-state index contributed by atoms with van der Waals surface area (Å²) in [4.78, 5) is 15.8. The molecule has 1 amide bonds. The number of amides is 1. The summed E-state index contributed by atoms with van der Waals surface area (Å²) < 4.78 is 6.80. The van der Waals surface area contributed by atoms with Crippen LogP contribution >= 0.6 is 0 Å². The van der Waals surface area contributed by atoms with E-state index in [0.717, 1.165) is 5.69 Å². The molecule has 0 spiro atoms. The zero-order chi connectivity index (χ0) is 15.8. The van der Waals surface area contributed by atoms with Gasteiger partial charge in [0.1, 0.15) is 0 Å². The molecule has 0 saturated carbocycles. The second-order valence-electron chi connectivity index (χ2n) is 4.53. The van der Waals surface area contributed by atoms with Crippen LogP contribution in [0.4, 0.5) is 0 Å². The fraction of sp³-hybridized carbons (Fsp3) is 0.357. The van der Waals surface area contributed by atoms with Crippen molar-refractivity contribution in [3.8, 4) is 0 Å². The molecule has 0 aliphatic carbocycles. The summed E-state index contributed by atoms with van der Waals surface area (Å²) in [5.41, 5.74) is 1.05. The Hall–Kier alpha value is -2.77. The second-order valence-corrected chi connectivity index (χ2v) is 4.53. The van der Waals surface area contributed by atoms with E-state index in [1.165, 1.54) is 6.26 Å². The highest BCUT2D eigenvalue weighted by Crippen LogP contribution is 1.98. The number of aliphatic imine (C=N–C) groups is 1. The number of hydrogen-bond acceptors (Lipinski definition) is 4. The molecule has 0 atom stereocenters. The zero-order valence-electron chi connectivity index (χ0n) is 12.7. The quantitative estimate of drug-likeness (QED) is 0.400. The van der Waals surface area contributed by atoms with E-state index >= 15 is 0 Å². The average Bonchev–Trinajstić information content (AvgIpc) is 3.18. The van der Waals surface area contributed by atoms with E-state index in [9.17, 15) is 4.79 Å². The molecule has 0 unspecified atom stereocenters. The van der Waals surface area contributed by atoms with Crippen LogP contribution in [0.3, 0.4) is 0 Å². The molecule has 8 heteroatoms. The summed E-state index contributed by atoms with van der Waals surface area (Å²) in [6.07, 6.45) is 3.22. The van der Waals surface area contributed by atoms with E-state index in [0.29, 0.717) is 31.4 Å². The van der Waals surface area contributed by atoms with Crippen molar-refractivity contribution in [3.05, 3.63) is 42.1 Å². The normalized spacial score (nSPS) is 11.3. The maximum absolute atomic E-state index is 11.7. The molecule has 2 aromatic rings. The summed E-state index contributed by atoms with van der Waals surface area (Å²) >= 11 is 0. The fourth-order valence-electron chi connectivity index (χ4n) is 1.82. The highest BCUT2D eigenvalue weighted by molar-refractivity contribution is 5.91. The summed E-state index contributed by atoms with van der Waals surface area (Å²) in [7, 11) is 3.58. The lowest BCUT2D eigenvalue weighted by Gasteiger charge is -2.12. The van der Waals surface area contributed by atoms with E-state index in [4.69, 9.17) is 4.42 Å². The monoisotopic (exact) mass is 304 g/mol. The molecule has 8 nitrogen and oxygen atoms in total. The smallest absolute Gasteiger partial charge is 0.287 e. The molecule has 0 aliphatic heterocycles. The van der Waals surface area contributed by atoms with Gasteiger partial charge >= 0.3 is 0 Å². The number of furan rings is 1. The SMILES string of the molecule is CN=C(NCCNC(=O)c1ccco1)NCc1ccnn1C. The van der Waals surface area contributed by atoms with Gasteiger partial charge in [0.2, 0.25) is 0 Å². The maximum Gasteiger partial charge on any atom is 0.287 e. The van der Waals surface area contributed by atoms with E-state index in [2.05, 4.69) is 26.0 Å². The van der Waals surface area contributed by atoms with Crippen molar-refractivity contribution in [1.29, 1.82) is 0 Å². The van der Waals surface area contributed by atoms with Gasteiger partial charge in [0.15, 0.2) is 11.7 Å². The van der Waals surface area contributed by atoms with Crippen LogP contribution in [0, 0.1) is 0 Å². The van der Waals surface area contributed by atoms with Gasteiger partial charge in [0.05, 0.1) is 18.5 Å². The lowest BCUT2D eigenvalue weighted by atomic mass is 10.4. The molecule has 2 aromatic heterocycles. The zero-order valence-corrected chi connectivity index (χ0v) is 12.7. The van der Waals surface area contributed by atoms with Gasteiger partial charge in [-0.2, -0.15) is 5.10 Å². The first-order valence-corrected chi connectivity index (χ1v) is 6.94. The van der Waals surface area contributed by atoms with Crippen LogP contribution < -0.4 is 16.0 Å². The Balaban J connectivity index is 1.66. The predicted molar refractivity (Wildman–Crippen MR) is 82.5 cm³/mol. The molecule has 0 aliphatic rings. The third-order valence-electron chi connectivity index (χ3n) is 3.03. The molecule has 0 fully saturated rings. The number of carbonyl (C=O) groups excluding carboxylic acids is 1.